The van der Waals surface area contributed by atoms with Gasteiger partial charge in [0.15, 0.2) is 0 Å². The van der Waals surface area contributed by atoms with Gasteiger partial charge in [0.05, 0.1) is 23.1 Å². The van der Waals surface area contributed by atoms with Crippen molar-refractivity contribution in [3.05, 3.63) is 71.6 Å². The second-order valence-electron chi connectivity index (χ2n) is 5.02. The lowest BCUT2D eigenvalue weighted by molar-refractivity contribution is 0.0844. The van der Waals surface area contributed by atoms with Crippen LogP contribution in [0.3, 0.4) is 0 Å². The Hall–Kier alpha value is -3.42. The first-order chi connectivity index (χ1) is 11.6. The van der Waals surface area contributed by atoms with E-state index in [1.807, 2.05) is 0 Å². The summed E-state index contributed by atoms with van der Waals surface area (Å²) in [5.74, 6) is -1.31. The number of nitrogens with one attached hydrogen (secondary N) is 3. The van der Waals surface area contributed by atoms with Crippen LogP contribution < -0.4 is 10.9 Å². The van der Waals surface area contributed by atoms with E-state index in [9.17, 15) is 14.0 Å². The molecular formula is C16H14FN5O2. The van der Waals surface area contributed by atoms with Crippen molar-refractivity contribution in [3.63, 3.8) is 0 Å². The summed E-state index contributed by atoms with van der Waals surface area (Å²) >= 11 is 0. The summed E-state index contributed by atoms with van der Waals surface area (Å²) in [5, 5.41) is 4.13. The van der Waals surface area contributed by atoms with Crippen LogP contribution in [0.25, 0.3) is 5.69 Å². The average molecular weight is 327 g/mol. The van der Waals surface area contributed by atoms with Gasteiger partial charge in [-0.15, -0.1) is 0 Å². The van der Waals surface area contributed by atoms with E-state index in [1.165, 1.54) is 23.0 Å². The lowest BCUT2D eigenvalue weighted by Gasteiger charge is -2.07. The van der Waals surface area contributed by atoms with Gasteiger partial charge in [0.1, 0.15) is 11.5 Å². The van der Waals surface area contributed by atoms with E-state index >= 15 is 0 Å². The number of H-pyrrole nitrogens is 1. The third kappa shape index (κ3) is 3.02. The highest BCUT2D eigenvalue weighted by molar-refractivity contribution is 5.98. The number of aromatic amines is 1. The van der Waals surface area contributed by atoms with Gasteiger partial charge in [0, 0.05) is 6.20 Å². The van der Waals surface area contributed by atoms with Crippen molar-refractivity contribution in [2.45, 2.75) is 6.92 Å². The molecule has 122 valence electrons. The Balaban J connectivity index is 1.72. The maximum atomic E-state index is 13.0. The molecule has 0 saturated heterocycles. The molecule has 1 aromatic carbocycles. The highest BCUT2D eigenvalue weighted by atomic mass is 19.1. The maximum absolute atomic E-state index is 13.0. The zero-order valence-corrected chi connectivity index (χ0v) is 12.7. The number of hydrazine groups is 1. The van der Waals surface area contributed by atoms with Gasteiger partial charge >= 0.3 is 0 Å². The minimum absolute atomic E-state index is 0.297. The van der Waals surface area contributed by atoms with Crippen LogP contribution in [0.4, 0.5) is 4.39 Å². The topological polar surface area (TPSA) is 91.8 Å². The van der Waals surface area contributed by atoms with E-state index in [0.29, 0.717) is 22.6 Å². The molecule has 0 radical (unpaired) electrons. The zero-order valence-electron chi connectivity index (χ0n) is 12.7. The molecule has 0 bridgehead atoms. The maximum Gasteiger partial charge on any atom is 0.286 e. The Labute approximate surface area is 136 Å². The summed E-state index contributed by atoms with van der Waals surface area (Å²) in [6.07, 6.45) is 2.99. The number of carbonyl (C=O) groups is 2. The zero-order chi connectivity index (χ0) is 17.1. The van der Waals surface area contributed by atoms with Crippen LogP contribution in [0.1, 0.15) is 26.5 Å². The van der Waals surface area contributed by atoms with Gasteiger partial charge in [-0.2, -0.15) is 5.10 Å². The van der Waals surface area contributed by atoms with Crippen LogP contribution >= 0.6 is 0 Å². The fourth-order valence-corrected chi connectivity index (χ4v) is 2.19. The van der Waals surface area contributed by atoms with E-state index in [2.05, 4.69) is 20.9 Å². The molecule has 2 heterocycles. The Morgan fingerprint density at radius 1 is 1.12 bits per heavy atom. The van der Waals surface area contributed by atoms with Crippen LogP contribution in [0.15, 0.2) is 48.8 Å². The standard InChI is InChI=1S/C16H14FN5O2/c1-10-13(9-19-22(10)12-6-4-11(17)5-7-12)15(23)20-21-16(24)14-3-2-8-18-14/h2-9,18H,1H3,(H,20,23)(H,21,24). The van der Waals surface area contributed by atoms with Crippen LogP contribution in [0.5, 0.6) is 0 Å². The Bertz CT molecular complexity index is 869. The van der Waals surface area contributed by atoms with Gasteiger partial charge in [-0.3, -0.25) is 20.4 Å². The molecule has 3 N–H and O–H groups in total. The smallest absolute Gasteiger partial charge is 0.286 e. The lowest BCUT2D eigenvalue weighted by Crippen LogP contribution is -2.41. The molecule has 8 heteroatoms. The molecule has 0 atom stereocenters. The number of rotatable bonds is 3. The molecule has 0 fully saturated rings. The van der Waals surface area contributed by atoms with Gasteiger partial charge in [0.2, 0.25) is 0 Å². The van der Waals surface area contributed by atoms with Crippen LogP contribution in [0.2, 0.25) is 0 Å². The first-order valence-corrected chi connectivity index (χ1v) is 7.11. The summed E-state index contributed by atoms with van der Waals surface area (Å²) < 4.78 is 14.5. The molecular weight excluding hydrogens is 313 g/mol. The predicted molar refractivity (Wildman–Crippen MR) is 84.0 cm³/mol. The molecule has 2 aromatic heterocycles. The van der Waals surface area contributed by atoms with Crippen molar-refractivity contribution < 1.29 is 14.0 Å². The van der Waals surface area contributed by atoms with Gasteiger partial charge < -0.3 is 4.98 Å². The van der Waals surface area contributed by atoms with Crippen LogP contribution in [-0.2, 0) is 0 Å². The Kier molecular flexibility index (Phi) is 4.11. The minimum Gasteiger partial charge on any atom is -0.357 e. The Morgan fingerprint density at radius 2 is 1.83 bits per heavy atom. The second kappa shape index (κ2) is 6.37. The highest BCUT2D eigenvalue weighted by Crippen LogP contribution is 2.14. The van der Waals surface area contributed by atoms with Crippen molar-refractivity contribution in [1.82, 2.24) is 25.6 Å². The van der Waals surface area contributed by atoms with Gasteiger partial charge in [0.25, 0.3) is 11.8 Å². The number of carbonyl (C=O) groups excluding carboxylic acids is 2. The quantitative estimate of drug-likeness (QED) is 0.640. The number of nitrogens with zero attached hydrogens (tertiary/aromatic N) is 2. The summed E-state index contributed by atoms with van der Waals surface area (Å²) in [4.78, 5) is 26.7. The number of hydrogen-bond acceptors (Lipinski definition) is 3. The van der Waals surface area contributed by atoms with E-state index in [-0.39, 0.29) is 5.82 Å². The second-order valence-corrected chi connectivity index (χ2v) is 5.02. The van der Waals surface area contributed by atoms with E-state index in [4.69, 9.17) is 0 Å². The van der Waals surface area contributed by atoms with Gasteiger partial charge in [-0.05, 0) is 43.3 Å². The molecule has 0 aliphatic heterocycles. The number of halogens is 1. The fourth-order valence-electron chi connectivity index (χ4n) is 2.19. The summed E-state index contributed by atoms with van der Waals surface area (Å²) in [5.41, 5.74) is 6.46. The molecule has 3 rings (SSSR count). The van der Waals surface area contributed by atoms with Crippen molar-refractivity contribution in [2.24, 2.45) is 0 Å². The molecule has 7 nitrogen and oxygen atoms in total. The number of benzene rings is 1. The molecule has 24 heavy (non-hydrogen) atoms. The number of amides is 2. The molecule has 2 amide bonds. The molecule has 0 aliphatic carbocycles. The summed E-state index contributed by atoms with van der Waals surface area (Å²) in [6.45, 7) is 1.71. The molecule has 0 saturated carbocycles. The van der Waals surface area contributed by atoms with Crippen molar-refractivity contribution in [2.75, 3.05) is 0 Å². The van der Waals surface area contributed by atoms with Gasteiger partial charge in [-0.25, -0.2) is 9.07 Å². The summed E-state index contributed by atoms with van der Waals surface area (Å²) in [7, 11) is 0. The predicted octanol–water partition coefficient (Wildman–Crippen LogP) is 1.72. The first kappa shape index (κ1) is 15.5. The SMILES string of the molecule is Cc1c(C(=O)NNC(=O)c2ccc[nH]2)cnn1-c1ccc(F)cc1. The summed E-state index contributed by atoms with van der Waals surface area (Å²) in [6, 6.07) is 9.00. The Morgan fingerprint density at radius 3 is 2.50 bits per heavy atom. The number of aromatic nitrogens is 3. The third-order valence-electron chi connectivity index (χ3n) is 3.46. The average Bonchev–Trinajstić information content (AvgIpc) is 3.23. The normalized spacial score (nSPS) is 10.4. The van der Waals surface area contributed by atoms with E-state index in [1.54, 1.807) is 37.4 Å². The first-order valence-electron chi connectivity index (χ1n) is 7.11. The third-order valence-corrected chi connectivity index (χ3v) is 3.46. The van der Waals surface area contributed by atoms with Gasteiger partial charge in [-0.1, -0.05) is 0 Å². The molecule has 0 aliphatic rings. The number of hydrogen-bond donors (Lipinski definition) is 3. The highest BCUT2D eigenvalue weighted by Gasteiger charge is 2.16. The largest absolute Gasteiger partial charge is 0.357 e. The lowest BCUT2D eigenvalue weighted by atomic mass is 10.2. The molecule has 0 spiro atoms. The van der Waals surface area contributed by atoms with E-state index < -0.39 is 11.8 Å². The molecule has 0 unspecified atom stereocenters. The van der Waals surface area contributed by atoms with Crippen molar-refractivity contribution in [3.8, 4) is 5.69 Å². The minimum atomic E-state index is -0.499. The van der Waals surface area contributed by atoms with Crippen LogP contribution in [-0.4, -0.2) is 26.6 Å². The van der Waals surface area contributed by atoms with Crippen molar-refractivity contribution in [1.29, 1.82) is 0 Å². The van der Waals surface area contributed by atoms with Crippen molar-refractivity contribution >= 4 is 11.8 Å². The molecule has 3 aromatic rings. The van der Waals surface area contributed by atoms with Crippen LogP contribution in [0, 0.1) is 12.7 Å². The monoisotopic (exact) mass is 327 g/mol. The fraction of sp³-hybridized carbons (Fsp3) is 0.0625. The van der Waals surface area contributed by atoms with E-state index in [0.717, 1.165) is 0 Å².